The lowest BCUT2D eigenvalue weighted by atomic mass is 10.0. The Balaban J connectivity index is 1.91. The molecular formula is C20H20N4. The fourth-order valence-corrected chi connectivity index (χ4v) is 3.93. The molecule has 0 bridgehead atoms. The summed E-state index contributed by atoms with van der Waals surface area (Å²) in [6.07, 6.45) is 4.98. The van der Waals surface area contributed by atoms with E-state index in [1.807, 2.05) is 12.1 Å². The second-order valence-corrected chi connectivity index (χ2v) is 6.70. The van der Waals surface area contributed by atoms with Crippen molar-refractivity contribution in [3.05, 3.63) is 35.4 Å². The zero-order chi connectivity index (χ0) is 16.5. The van der Waals surface area contributed by atoms with E-state index in [1.54, 1.807) is 0 Å². The van der Waals surface area contributed by atoms with Gasteiger partial charge in [0.1, 0.15) is 12.1 Å². The lowest BCUT2D eigenvalue weighted by Gasteiger charge is -2.28. The molecule has 0 N–H and O–H groups in total. The summed E-state index contributed by atoms with van der Waals surface area (Å²) in [7, 11) is 0. The molecule has 0 spiro atoms. The minimum Gasteiger partial charge on any atom is -0.370 e. The van der Waals surface area contributed by atoms with Crippen LogP contribution in [0.2, 0.25) is 0 Å². The largest absolute Gasteiger partial charge is 0.370 e. The van der Waals surface area contributed by atoms with Crippen molar-refractivity contribution in [3.63, 3.8) is 0 Å². The maximum absolute atomic E-state index is 9.30. The Morgan fingerprint density at radius 2 is 1.00 bits per heavy atom. The highest BCUT2D eigenvalue weighted by molar-refractivity contribution is 5.94. The Bertz CT molecular complexity index is 787. The van der Waals surface area contributed by atoms with Gasteiger partial charge in [-0.2, -0.15) is 10.5 Å². The van der Waals surface area contributed by atoms with Gasteiger partial charge in [0, 0.05) is 26.2 Å². The van der Waals surface area contributed by atoms with Crippen molar-refractivity contribution in [2.45, 2.75) is 25.7 Å². The second-order valence-electron chi connectivity index (χ2n) is 6.70. The first-order valence-electron chi connectivity index (χ1n) is 8.72. The molecule has 2 heterocycles. The Morgan fingerprint density at radius 3 is 1.33 bits per heavy atom. The molecule has 0 unspecified atom stereocenters. The molecule has 0 aromatic heterocycles. The number of nitriles is 2. The van der Waals surface area contributed by atoms with E-state index in [2.05, 4.69) is 34.1 Å². The minimum absolute atomic E-state index is 0.464. The summed E-state index contributed by atoms with van der Waals surface area (Å²) in [5, 5.41) is 20.7. The van der Waals surface area contributed by atoms with Crippen molar-refractivity contribution in [2.75, 3.05) is 36.0 Å². The van der Waals surface area contributed by atoms with Gasteiger partial charge >= 0.3 is 0 Å². The molecule has 2 saturated heterocycles. The van der Waals surface area contributed by atoms with Gasteiger partial charge in [-0.05, 0) is 60.7 Å². The molecule has 2 aliphatic heterocycles. The van der Waals surface area contributed by atoms with Crippen LogP contribution in [0.5, 0.6) is 0 Å². The van der Waals surface area contributed by atoms with Crippen LogP contribution in [0.1, 0.15) is 36.8 Å². The van der Waals surface area contributed by atoms with Gasteiger partial charge < -0.3 is 9.80 Å². The maximum atomic E-state index is 9.30. The van der Waals surface area contributed by atoms with Crippen LogP contribution in [-0.2, 0) is 0 Å². The van der Waals surface area contributed by atoms with Crippen LogP contribution in [-0.4, -0.2) is 26.2 Å². The molecule has 0 aliphatic carbocycles. The van der Waals surface area contributed by atoms with E-state index in [0.29, 0.717) is 11.1 Å². The molecule has 0 radical (unpaired) electrons. The fraction of sp³-hybridized carbons (Fsp3) is 0.400. The summed E-state index contributed by atoms with van der Waals surface area (Å²) >= 11 is 0. The molecule has 0 saturated carbocycles. The van der Waals surface area contributed by atoms with Crippen molar-refractivity contribution < 1.29 is 0 Å². The van der Waals surface area contributed by atoms with Crippen LogP contribution in [0.4, 0.5) is 11.4 Å². The first kappa shape index (κ1) is 14.8. The van der Waals surface area contributed by atoms with Crippen molar-refractivity contribution in [3.8, 4) is 12.1 Å². The number of anilines is 2. The number of benzene rings is 2. The van der Waals surface area contributed by atoms with Crippen molar-refractivity contribution in [2.24, 2.45) is 0 Å². The van der Waals surface area contributed by atoms with Gasteiger partial charge in [0.15, 0.2) is 0 Å². The van der Waals surface area contributed by atoms with E-state index < -0.39 is 0 Å². The van der Waals surface area contributed by atoms with Gasteiger partial charge in [0.2, 0.25) is 0 Å². The monoisotopic (exact) mass is 316 g/mol. The SMILES string of the molecule is N#Cc1cc2cc(N3CCCC3)c(N3CCCC3)cc2cc1C#N. The van der Waals surface area contributed by atoms with E-state index in [4.69, 9.17) is 0 Å². The van der Waals surface area contributed by atoms with Gasteiger partial charge in [-0.25, -0.2) is 0 Å². The number of hydrogen-bond donors (Lipinski definition) is 0. The van der Waals surface area contributed by atoms with Crippen molar-refractivity contribution in [1.82, 2.24) is 0 Å². The molecule has 4 heteroatoms. The molecule has 2 fully saturated rings. The molecule has 2 aromatic carbocycles. The quantitative estimate of drug-likeness (QED) is 0.846. The lowest BCUT2D eigenvalue weighted by molar-refractivity contribution is 0.929. The Morgan fingerprint density at radius 1 is 0.625 bits per heavy atom. The third kappa shape index (κ3) is 2.45. The molecule has 24 heavy (non-hydrogen) atoms. The van der Waals surface area contributed by atoms with E-state index in [9.17, 15) is 10.5 Å². The van der Waals surface area contributed by atoms with E-state index in [-0.39, 0.29) is 0 Å². The zero-order valence-electron chi connectivity index (χ0n) is 13.8. The first-order valence-corrected chi connectivity index (χ1v) is 8.72. The maximum Gasteiger partial charge on any atom is 0.101 e. The van der Waals surface area contributed by atoms with Gasteiger partial charge in [-0.1, -0.05) is 0 Å². The lowest BCUT2D eigenvalue weighted by Crippen LogP contribution is -2.24. The summed E-state index contributed by atoms with van der Waals surface area (Å²) in [6, 6.07) is 12.5. The Kier molecular flexibility index (Phi) is 3.75. The van der Waals surface area contributed by atoms with Gasteiger partial charge in [-0.3, -0.25) is 0 Å². The van der Waals surface area contributed by atoms with E-state index in [1.165, 1.54) is 37.1 Å². The van der Waals surface area contributed by atoms with Gasteiger partial charge in [-0.15, -0.1) is 0 Å². The number of fused-ring (bicyclic) bond motifs is 1. The van der Waals surface area contributed by atoms with Crippen molar-refractivity contribution in [1.29, 1.82) is 10.5 Å². The van der Waals surface area contributed by atoms with Crippen LogP contribution in [0.3, 0.4) is 0 Å². The summed E-state index contributed by atoms with van der Waals surface area (Å²) in [6.45, 7) is 4.42. The number of rotatable bonds is 2. The number of nitrogens with zero attached hydrogens (tertiary/aromatic N) is 4. The normalized spacial score (nSPS) is 17.2. The summed E-state index contributed by atoms with van der Waals surface area (Å²) in [5.74, 6) is 0. The first-order chi connectivity index (χ1) is 11.8. The van der Waals surface area contributed by atoms with E-state index >= 15 is 0 Å². The molecule has 120 valence electrons. The van der Waals surface area contributed by atoms with E-state index in [0.717, 1.165) is 37.0 Å². The van der Waals surface area contributed by atoms with Gasteiger partial charge in [0.05, 0.1) is 22.5 Å². The van der Waals surface area contributed by atoms with Crippen LogP contribution in [0, 0.1) is 22.7 Å². The van der Waals surface area contributed by atoms with Crippen LogP contribution >= 0.6 is 0 Å². The topological polar surface area (TPSA) is 54.1 Å². The smallest absolute Gasteiger partial charge is 0.101 e. The predicted molar refractivity (Wildman–Crippen MR) is 96.3 cm³/mol. The summed E-state index contributed by atoms with van der Waals surface area (Å²) < 4.78 is 0. The molecule has 2 aliphatic rings. The molecule has 0 amide bonds. The highest BCUT2D eigenvalue weighted by Gasteiger charge is 2.22. The molecule has 4 nitrogen and oxygen atoms in total. The molecule has 2 aromatic rings. The average molecular weight is 316 g/mol. The van der Waals surface area contributed by atoms with Crippen molar-refractivity contribution >= 4 is 22.1 Å². The van der Waals surface area contributed by atoms with Crippen LogP contribution in [0.25, 0.3) is 10.8 Å². The van der Waals surface area contributed by atoms with Crippen LogP contribution in [0.15, 0.2) is 24.3 Å². The fourth-order valence-electron chi connectivity index (χ4n) is 3.93. The minimum atomic E-state index is 0.464. The predicted octanol–water partition coefficient (Wildman–Crippen LogP) is 3.78. The molecule has 0 atom stereocenters. The molecule has 4 rings (SSSR count). The van der Waals surface area contributed by atoms with Gasteiger partial charge in [0.25, 0.3) is 0 Å². The molecular weight excluding hydrogens is 296 g/mol. The standard InChI is InChI=1S/C20H20N4/c21-13-17-9-15-11-19(23-5-1-2-6-23)20(24-7-3-4-8-24)12-16(15)10-18(17)14-22/h9-12H,1-8H2. The van der Waals surface area contributed by atoms with Crippen LogP contribution < -0.4 is 9.80 Å². The number of hydrogen-bond acceptors (Lipinski definition) is 4. The Labute approximate surface area is 142 Å². The second kappa shape index (κ2) is 6.06. The average Bonchev–Trinajstić information content (AvgIpc) is 3.32. The summed E-state index contributed by atoms with van der Waals surface area (Å²) in [4.78, 5) is 4.94. The zero-order valence-corrected chi connectivity index (χ0v) is 13.8. The highest BCUT2D eigenvalue weighted by atomic mass is 15.2. The third-order valence-electron chi connectivity index (χ3n) is 5.20. The summed E-state index contributed by atoms with van der Waals surface area (Å²) in [5.41, 5.74) is 3.50. The Hall–Kier alpha value is -2.72. The highest BCUT2D eigenvalue weighted by Crippen LogP contribution is 2.38. The third-order valence-corrected chi connectivity index (χ3v) is 5.20.